The lowest BCUT2D eigenvalue weighted by Gasteiger charge is -2.35. The number of hydrogen-bond acceptors (Lipinski definition) is 4. The number of amides is 2. The Morgan fingerprint density at radius 2 is 1.70 bits per heavy atom. The highest BCUT2D eigenvalue weighted by atomic mass is 16.6. The van der Waals surface area contributed by atoms with Crippen LogP contribution in [0, 0.1) is 5.92 Å². The monoisotopic (exact) mass is 285 g/mol. The molecule has 0 unspecified atom stereocenters. The van der Waals surface area contributed by atoms with Crippen molar-refractivity contribution in [1.29, 1.82) is 0 Å². The minimum absolute atomic E-state index is 0.0331. The summed E-state index contributed by atoms with van der Waals surface area (Å²) in [6.07, 6.45) is 0.234. The van der Waals surface area contributed by atoms with Crippen molar-refractivity contribution < 1.29 is 14.3 Å². The van der Waals surface area contributed by atoms with Gasteiger partial charge in [0.2, 0.25) is 5.91 Å². The zero-order valence-electron chi connectivity index (χ0n) is 13.2. The standard InChI is InChI=1S/C14H27N3O3/c1-11(2)10-12(18)15-17-8-6-16(7-9-17)13(19)20-14(3,4)5/h11H,6-10H2,1-5H3,(H,15,18). The number of nitrogens with zero attached hydrogens (tertiary/aromatic N) is 2. The van der Waals surface area contributed by atoms with Crippen molar-refractivity contribution in [3.8, 4) is 0 Å². The summed E-state index contributed by atoms with van der Waals surface area (Å²) in [6.45, 7) is 12.0. The SMILES string of the molecule is CC(C)CC(=O)NN1CCN(C(=O)OC(C)(C)C)CC1. The van der Waals surface area contributed by atoms with Gasteiger partial charge in [0.1, 0.15) is 5.60 Å². The summed E-state index contributed by atoms with van der Waals surface area (Å²) < 4.78 is 5.33. The molecule has 1 N–H and O–H groups in total. The van der Waals surface area contributed by atoms with Crippen molar-refractivity contribution in [1.82, 2.24) is 15.3 Å². The third kappa shape index (κ3) is 6.23. The summed E-state index contributed by atoms with van der Waals surface area (Å²) in [7, 11) is 0. The zero-order chi connectivity index (χ0) is 15.3. The van der Waals surface area contributed by atoms with Crippen molar-refractivity contribution in [3.63, 3.8) is 0 Å². The van der Waals surface area contributed by atoms with E-state index in [9.17, 15) is 9.59 Å². The van der Waals surface area contributed by atoms with Crippen molar-refractivity contribution in [3.05, 3.63) is 0 Å². The summed E-state index contributed by atoms with van der Waals surface area (Å²) in [6, 6.07) is 0. The number of hydrazine groups is 1. The molecule has 0 aliphatic carbocycles. The van der Waals surface area contributed by atoms with Crippen molar-refractivity contribution in [2.45, 2.75) is 46.6 Å². The summed E-state index contributed by atoms with van der Waals surface area (Å²) in [5, 5.41) is 1.87. The Bertz CT molecular complexity index is 342. The predicted octanol–water partition coefficient (Wildman–Crippen LogP) is 1.62. The highest BCUT2D eigenvalue weighted by molar-refractivity contribution is 5.75. The molecule has 1 aliphatic rings. The molecular weight excluding hydrogens is 258 g/mol. The molecule has 1 fully saturated rings. The first kappa shape index (κ1) is 16.8. The molecule has 0 bridgehead atoms. The molecule has 0 aromatic carbocycles. The molecule has 0 atom stereocenters. The molecule has 0 saturated carbocycles. The van der Waals surface area contributed by atoms with E-state index in [1.165, 1.54) is 0 Å². The molecule has 0 aromatic heterocycles. The fourth-order valence-corrected chi connectivity index (χ4v) is 1.92. The van der Waals surface area contributed by atoms with E-state index in [1.807, 2.05) is 39.6 Å². The first-order valence-electron chi connectivity index (χ1n) is 7.20. The molecule has 0 spiro atoms. The first-order valence-corrected chi connectivity index (χ1v) is 7.20. The lowest BCUT2D eigenvalue weighted by Crippen LogP contribution is -2.55. The largest absolute Gasteiger partial charge is 0.444 e. The molecular formula is C14H27N3O3. The minimum atomic E-state index is -0.473. The molecule has 1 saturated heterocycles. The Morgan fingerprint density at radius 3 is 2.15 bits per heavy atom. The van der Waals surface area contributed by atoms with Crippen LogP contribution in [0.2, 0.25) is 0 Å². The van der Waals surface area contributed by atoms with Gasteiger partial charge in [-0.2, -0.15) is 0 Å². The van der Waals surface area contributed by atoms with Crippen molar-refractivity contribution in [2.75, 3.05) is 26.2 Å². The van der Waals surface area contributed by atoms with Crippen LogP contribution < -0.4 is 5.43 Å². The summed E-state index contributed by atoms with van der Waals surface area (Å²) in [4.78, 5) is 25.2. The molecule has 1 aliphatic heterocycles. The number of rotatable bonds is 3. The van der Waals surface area contributed by atoms with Crippen molar-refractivity contribution >= 4 is 12.0 Å². The van der Waals surface area contributed by atoms with Gasteiger partial charge in [-0.3, -0.25) is 10.2 Å². The Labute approximate surface area is 121 Å². The topological polar surface area (TPSA) is 61.9 Å². The van der Waals surface area contributed by atoms with Crippen LogP contribution in [0.4, 0.5) is 4.79 Å². The maximum atomic E-state index is 11.9. The van der Waals surface area contributed by atoms with Crippen LogP contribution in [0.15, 0.2) is 0 Å². The molecule has 1 rings (SSSR count). The summed E-state index contributed by atoms with van der Waals surface area (Å²) >= 11 is 0. The van der Waals surface area contributed by atoms with Crippen LogP contribution in [0.1, 0.15) is 41.0 Å². The van der Waals surface area contributed by atoms with E-state index < -0.39 is 5.60 Å². The smallest absolute Gasteiger partial charge is 0.410 e. The first-order chi connectivity index (χ1) is 9.17. The van der Waals surface area contributed by atoms with Gasteiger partial charge in [0.05, 0.1) is 0 Å². The van der Waals surface area contributed by atoms with Gasteiger partial charge in [-0.05, 0) is 26.7 Å². The second-order valence-corrected chi connectivity index (χ2v) is 6.59. The van der Waals surface area contributed by atoms with Gasteiger partial charge in [0, 0.05) is 32.6 Å². The van der Waals surface area contributed by atoms with Gasteiger partial charge >= 0.3 is 6.09 Å². The third-order valence-corrected chi connectivity index (χ3v) is 2.81. The van der Waals surface area contributed by atoms with Gasteiger partial charge in [-0.1, -0.05) is 13.8 Å². The molecule has 0 aromatic rings. The van der Waals surface area contributed by atoms with E-state index >= 15 is 0 Å². The highest BCUT2D eigenvalue weighted by Gasteiger charge is 2.26. The molecule has 2 amide bonds. The van der Waals surface area contributed by atoms with Crippen LogP contribution in [0.3, 0.4) is 0 Å². The highest BCUT2D eigenvalue weighted by Crippen LogP contribution is 2.11. The van der Waals surface area contributed by atoms with Crippen molar-refractivity contribution in [2.24, 2.45) is 5.92 Å². The quantitative estimate of drug-likeness (QED) is 0.856. The Balaban J connectivity index is 2.33. The minimum Gasteiger partial charge on any atom is -0.444 e. The third-order valence-electron chi connectivity index (χ3n) is 2.81. The maximum Gasteiger partial charge on any atom is 0.410 e. The predicted molar refractivity (Wildman–Crippen MR) is 77.0 cm³/mol. The van der Waals surface area contributed by atoms with E-state index in [2.05, 4.69) is 5.43 Å². The molecule has 0 radical (unpaired) electrons. The van der Waals surface area contributed by atoms with E-state index in [0.717, 1.165) is 0 Å². The lowest BCUT2D eigenvalue weighted by atomic mass is 10.1. The zero-order valence-corrected chi connectivity index (χ0v) is 13.2. The Morgan fingerprint density at radius 1 is 1.15 bits per heavy atom. The summed E-state index contributed by atoms with van der Waals surface area (Å²) in [5.41, 5.74) is 2.40. The molecule has 20 heavy (non-hydrogen) atoms. The number of nitrogens with one attached hydrogen (secondary N) is 1. The van der Waals surface area contributed by atoms with Crippen LogP contribution >= 0.6 is 0 Å². The molecule has 1 heterocycles. The van der Waals surface area contributed by atoms with Gasteiger partial charge in [-0.15, -0.1) is 0 Å². The average Bonchev–Trinajstić information content (AvgIpc) is 2.26. The van der Waals surface area contributed by atoms with Gasteiger partial charge in [0.15, 0.2) is 0 Å². The number of carbonyl (C=O) groups excluding carboxylic acids is 2. The Kier molecular flexibility index (Phi) is 5.80. The van der Waals surface area contributed by atoms with Crippen LogP contribution in [-0.4, -0.2) is 53.7 Å². The van der Waals surface area contributed by atoms with Crippen LogP contribution in [0.5, 0.6) is 0 Å². The maximum absolute atomic E-state index is 11.9. The summed E-state index contributed by atoms with van der Waals surface area (Å²) in [5.74, 6) is 0.378. The van der Waals surface area contributed by atoms with Gasteiger partial charge < -0.3 is 9.64 Å². The Hall–Kier alpha value is -1.30. The van der Waals surface area contributed by atoms with Gasteiger partial charge in [0.25, 0.3) is 0 Å². The average molecular weight is 285 g/mol. The fraction of sp³-hybridized carbons (Fsp3) is 0.857. The fourth-order valence-electron chi connectivity index (χ4n) is 1.92. The van der Waals surface area contributed by atoms with E-state index in [-0.39, 0.29) is 12.0 Å². The number of piperazine rings is 1. The van der Waals surface area contributed by atoms with E-state index in [4.69, 9.17) is 4.74 Å². The van der Waals surface area contributed by atoms with Crippen LogP contribution in [0.25, 0.3) is 0 Å². The van der Waals surface area contributed by atoms with Gasteiger partial charge in [-0.25, -0.2) is 9.80 Å². The molecule has 116 valence electrons. The normalized spacial score (nSPS) is 17.2. The lowest BCUT2D eigenvalue weighted by molar-refractivity contribution is -0.127. The van der Waals surface area contributed by atoms with E-state index in [1.54, 1.807) is 4.90 Å². The molecule has 6 heteroatoms. The number of hydrogen-bond donors (Lipinski definition) is 1. The van der Waals surface area contributed by atoms with E-state index in [0.29, 0.717) is 38.5 Å². The number of carbonyl (C=O) groups is 2. The number of ether oxygens (including phenoxy) is 1. The molecule has 6 nitrogen and oxygen atoms in total. The van der Waals surface area contributed by atoms with Crippen LogP contribution in [-0.2, 0) is 9.53 Å². The second kappa shape index (κ2) is 6.92. The second-order valence-electron chi connectivity index (χ2n) is 6.59.